The number of anilines is 1. The molecule has 2 aromatic rings. The van der Waals surface area contributed by atoms with E-state index in [1.165, 1.54) is 17.5 Å². The van der Waals surface area contributed by atoms with E-state index in [4.69, 9.17) is 9.72 Å². The molecule has 0 saturated carbocycles. The Bertz CT molecular complexity index is 868. The van der Waals surface area contributed by atoms with E-state index in [1.807, 2.05) is 0 Å². The molecule has 5 rings (SSSR count). The maximum Gasteiger partial charge on any atom is 0.236 e. The highest BCUT2D eigenvalue weighted by molar-refractivity contribution is 7.17. The van der Waals surface area contributed by atoms with Crippen molar-refractivity contribution in [3.05, 3.63) is 17.8 Å². The van der Waals surface area contributed by atoms with Crippen molar-refractivity contribution >= 4 is 33.3 Å². The zero-order chi connectivity index (χ0) is 19.7. The third-order valence-electron chi connectivity index (χ3n) is 6.81. The molecule has 1 spiro atoms. The molecule has 7 nitrogen and oxygen atoms in total. The number of aromatic nitrogens is 2. The molecular weight excluding hydrogens is 386 g/mol. The third-order valence-corrected chi connectivity index (χ3v) is 7.71. The lowest BCUT2D eigenvalue weighted by Crippen LogP contribution is -2.47. The van der Waals surface area contributed by atoms with Crippen LogP contribution in [0.4, 0.5) is 5.82 Å². The second kappa shape index (κ2) is 8.16. The van der Waals surface area contributed by atoms with Gasteiger partial charge in [-0.1, -0.05) is 0 Å². The highest BCUT2D eigenvalue weighted by atomic mass is 32.1. The zero-order valence-corrected chi connectivity index (χ0v) is 17.7. The summed E-state index contributed by atoms with van der Waals surface area (Å²) < 4.78 is 6.60. The Kier molecular flexibility index (Phi) is 5.41. The Hall–Kier alpha value is -1.77. The summed E-state index contributed by atoms with van der Waals surface area (Å²) >= 11 is 1.73. The molecule has 3 aliphatic heterocycles. The molecule has 2 aromatic heterocycles. The average Bonchev–Trinajstić information content (AvgIpc) is 3.32. The van der Waals surface area contributed by atoms with Crippen LogP contribution < -0.4 is 4.90 Å². The van der Waals surface area contributed by atoms with E-state index in [1.54, 1.807) is 17.7 Å². The van der Waals surface area contributed by atoms with Gasteiger partial charge in [-0.05, 0) is 43.6 Å². The van der Waals surface area contributed by atoms with Gasteiger partial charge >= 0.3 is 0 Å². The lowest BCUT2D eigenvalue weighted by Gasteiger charge is -2.39. The van der Waals surface area contributed by atoms with Gasteiger partial charge in [0.15, 0.2) is 0 Å². The predicted octanol–water partition coefficient (Wildman–Crippen LogP) is 2.38. The van der Waals surface area contributed by atoms with Crippen molar-refractivity contribution in [3.8, 4) is 0 Å². The minimum atomic E-state index is 0.124. The standard InChI is InChI=1S/C21H29N5O2S/c27-18(15-24-10-12-28-13-11-24)25-7-1-4-21(6-9-25)5-2-8-26(21)20-19-17(3-14-29-19)22-16-23-20/h3,14,16H,1-2,4-13,15H2/t21-/m0/s1. The summed E-state index contributed by atoms with van der Waals surface area (Å²) in [4.78, 5) is 28.9. The topological polar surface area (TPSA) is 61.8 Å². The van der Waals surface area contributed by atoms with Crippen LogP contribution in [0.3, 0.4) is 0 Å². The van der Waals surface area contributed by atoms with Crippen LogP contribution in [0.1, 0.15) is 32.1 Å². The van der Waals surface area contributed by atoms with E-state index in [2.05, 4.69) is 31.1 Å². The number of hydrogen-bond acceptors (Lipinski definition) is 7. The number of carbonyl (C=O) groups is 1. The lowest BCUT2D eigenvalue weighted by atomic mass is 9.87. The first kappa shape index (κ1) is 19.2. The van der Waals surface area contributed by atoms with Crippen molar-refractivity contribution in [1.29, 1.82) is 0 Å². The highest BCUT2D eigenvalue weighted by Gasteiger charge is 2.43. The smallest absolute Gasteiger partial charge is 0.236 e. The summed E-state index contributed by atoms with van der Waals surface area (Å²) in [7, 11) is 0. The van der Waals surface area contributed by atoms with Crippen molar-refractivity contribution < 1.29 is 9.53 Å². The van der Waals surface area contributed by atoms with Gasteiger partial charge in [-0.25, -0.2) is 9.97 Å². The van der Waals surface area contributed by atoms with Crippen molar-refractivity contribution in [3.63, 3.8) is 0 Å². The van der Waals surface area contributed by atoms with Gasteiger partial charge in [0.25, 0.3) is 0 Å². The largest absolute Gasteiger partial charge is 0.379 e. The van der Waals surface area contributed by atoms with E-state index < -0.39 is 0 Å². The van der Waals surface area contributed by atoms with Gasteiger partial charge in [0.05, 0.1) is 30.0 Å². The predicted molar refractivity (Wildman–Crippen MR) is 114 cm³/mol. The van der Waals surface area contributed by atoms with E-state index in [9.17, 15) is 4.79 Å². The number of hydrogen-bond donors (Lipinski definition) is 0. The van der Waals surface area contributed by atoms with E-state index in [0.717, 1.165) is 76.5 Å². The van der Waals surface area contributed by atoms with Crippen LogP contribution in [0.2, 0.25) is 0 Å². The molecule has 0 aliphatic carbocycles. The van der Waals surface area contributed by atoms with E-state index in [-0.39, 0.29) is 11.4 Å². The SMILES string of the molecule is O=C(CN1CCOCC1)N1CCC[C@]2(CCCN2c2ncnc3ccsc23)CC1. The summed E-state index contributed by atoms with van der Waals surface area (Å²) in [5, 5.41) is 2.10. The van der Waals surface area contributed by atoms with Gasteiger partial charge in [-0.2, -0.15) is 0 Å². The van der Waals surface area contributed by atoms with Gasteiger partial charge in [0.2, 0.25) is 5.91 Å². The Balaban J connectivity index is 1.31. The second-order valence-corrected chi connectivity index (χ2v) is 9.35. The number of rotatable bonds is 3. The molecule has 0 N–H and O–H groups in total. The molecule has 1 amide bonds. The average molecular weight is 416 g/mol. The fraction of sp³-hybridized carbons (Fsp3) is 0.667. The number of carbonyl (C=O) groups excluding carboxylic acids is 1. The quantitative estimate of drug-likeness (QED) is 0.767. The first-order valence-corrected chi connectivity index (χ1v) is 11.7. The molecule has 0 radical (unpaired) electrons. The minimum absolute atomic E-state index is 0.124. The van der Waals surface area contributed by atoms with Crippen molar-refractivity contribution in [2.24, 2.45) is 0 Å². The number of nitrogens with zero attached hydrogens (tertiary/aromatic N) is 5. The first-order chi connectivity index (χ1) is 14.3. The van der Waals surface area contributed by atoms with Crippen LogP contribution in [-0.4, -0.2) is 83.7 Å². The number of morpholine rings is 1. The molecule has 3 fully saturated rings. The normalized spacial score (nSPS) is 26.3. The first-order valence-electron chi connectivity index (χ1n) is 10.8. The van der Waals surface area contributed by atoms with Crippen LogP contribution in [0.15, 0.2) is 17.8 Å². The Morgan fingerprint density at radius 2 is 1.90 bits per heavy atom. The van der Waals surface area contributed by atoms with Gasteiger partial charge in [0, 0.05) is 38.3 Å². The second-order valence-electron chi connectivity index (χ2n) is 8.43. The molecular formula is C21H29N5O2S. The van der Waals surface area contributed by atoms with E-state index >= 15 is 0 Å². The maximum atomic E-state index is 12.9. The van der Waals surface area contributed by atoms with Crippen molar-refractivity contribution in [2.75, 3.05) is 57.4 Å². The van der Waals surface area contributed by atoms with Crippen molar-refractivity contribution in [2.45, 2.75) is 37.6 Å². The molecule has 8 heteroatoms. The van der Waals surface area contributed by atoms with Gasteiger partial charge in [-0.15, -0.1) is 11.3 Å². The maximum absolute atomic E-state index is 12.9. The van der Waals surface area contributed by atoms with Crippen LogP contribution in [0.25, 0.3) is 10.2 Å². The molecule has 3 saturated heterocycles. The molecule has 0 bridgehead atoms. The van der Waals surface area contributed by atoms with Crippen LogP contribution in [0.5, 0.6) is 0 Å². The van der Waals surface area contributed by atoms with Gasteiger partial charge < -0.3 is 14.5 Å². The number of ether oxygens (including phenoxy) is 1. The summed E-state index contributed by atoms with van der Waals surface area (Å²) in [6.07, 6.45) is 7.30. The summed E-state index contributed by atoms with van der Waals surface area (Å²) in [6, 6.07) is 2.08. The van der Waals surface area contributed by atoms with Crippen LogP contribution in [0, 0.1) is 0 Å². The monoisotopic (exact) mass is 415 g/mol. The molecule has 0 unspecified atom stereocenters. The zero-order valence-electron chi connectivity index (χ0n) is 16.9. The molecule has 0 aromatic carbocycles. The number of thiophene rings is 1. The Morgan fingerprint density at radius 1 is 1.07 bits per heavy atom. The molecule has 156 valence electrons. The molecule has 3 aliphatic rings. The summed E-state index contributed by atoms with van der Waals surface area (Å²) in [5.74, 6) is 1.37. The van der Waals surface area contributed by atoms with E-state index in [0.29, 0.717) is 6.54 Å². The van der Waals surface area contributed by atoms with Gasteiger partial charge in [-0.3, -0.25) is 9.69 Å². The fourth-order valence-electron chi connectivity index (χ4n) is 5.24. The van der Waals surface area contributed by atoms with Crippen LogP contribution >= 0.6 is 11.3 Å². The number of amides is 1. The minimum Gasteiger partial charge on any atom is -0.379 e. The Morgan fingerprint density at radius 3 is 2.76 bits per heavy atom. The van der Waals surface area contributed by atoms with Gasteiger partial charge in [0.1, 0.15) is 12.1 Å². The number of fused-ring (bicyclic) bond motifs is 1. The molecule has 5 heterocycles. The van der Waals surface area contributed by atoms with Crippen molar-refractivity contribution in [1.82, 2.24) is 19.8 Å². The summed E-state index contributed by atoms with van der Waals surface area (Å²) in [5.41, 5.74) is 1.16. The molecule has 29 heavy (non-hydrogen) atoms. The molecule has 1 atom stereocenters. The summed E-state index contributed by atoms with van der Waals surface area (Å²) in [6.45, 7) is 6.50. The third kappa shape index (κ3) is 3.73. The Labute approximate surface area is 175 Å². The lowest BCUT2D eigenvalue weighted by molar-refractivity contribution is -0.133. The highest BCUT2D eigenvalue weighted by Crippen LogP contribution is 2.43. The van der Waals surface area contributed by atoms with Crippen LogP contribution in [-0.2, 0) is 9.53 Å². The number of likely N-dealkylation sites (tertiary alicyclic amines) is 1. The fourth-order valence-corrected chi connectivity index (χ4v) is 6.08.